The first kappa shape index (κ1) is 19.0. The van der Waals surface area contributed by atoms with Gasteiger partial charge in [-0.25, -0.2) is 0 Å². The van der Waals surface area contributed by atoms with Crippen LogP contribution < -0.4 is 20.1 Å². The number of amides is 2. The third-order valence-corrected chi connectivity index (χ3v) is 3.90. The number of methoxy groups -OCH3 is 1. The first-order chi connectivity index (χ1) is 13.7. The van der Waals surface area contributed by atoms with E-state index in [2.05, 4.69) is 10.6 Å². The average Bonchev–Trinajstić information content (AvgIpc) is 3.27. The van der Waals surface area contributed by atoms with Crippen LogP contribution in [0.3, 0.4) is 0 Å². The van der Waals surface area contributed by atoms with Gasteiger partial charge in [0.25, 0.3) is 11.8 Å². The average molecular weight is 380 g/mol. The third-order valence-electron chi connectivity index (χ3n) is 3.90. The van der Waals surface area contributed by atoms with E-state index in [-0.39, 0.29) is 24.2 Å². The van der Waals surface area contributed by atoms with Crippen molar-refractivity contribution < 1.29 is 23.5 Å². The van der Waals surface area contributed by atoms with Crippen LogP contribution in [0, 0.1) is 0 Å². The van der Waals surface area contributed by atoms with E-state index in [9.17, 15) is 9.59 Å². The fraction of sp³-hybridized carbons (Fsp3) is 0.143. The number of ether oxygens (including phenoxy) is 2. The second-order valence-corrected chi connectivity index (χ2v) is 5.83. The van der Waals surface area contributed by atoms with Crippen LogP contribution >= 0.6 is 0 Å². The van der Waals surface area contributed by atoms with Crippen molar-refractivity contribution >= 4 is 17.5 Å². The summed E-state index contributed by atoms with van der Waals surface area (Å²) in [5, 5.41) is 5.49. The second kappa shape index (κ2) is 9.27. The van der Waals surface area contributed by atoms with E-state index in [4.69, 9.17) is 13.9 Å². The number of anilines is 1. The molecular formula is C21H20N2O5. The molecule has 2 aromatic carbocycles. The predicted octanol–water partition coefficient (Wildman–Crippen LogP) is 3.24. The van der Waals surface area contributed by atoms with Crippen LogP contribution in [0.25, 0.3) is 0 Å². The zero-order valence-corrected chi connectivity index (χ0v) is 15.3. The van der Waals surface area contributed by atoms with Gasteiger partial charge in [-0.15, -0.1) is 0 Å². The Morgan fingerprint density at radius 2 is 1.79 bits per heavy atom. The summed E-state index contributed by atoms with van der Waals surface area (Å²) in [5.41, 5.74) is 1.48. The molecule has 0 saturated heterocycles. The number of para-hydroxylation sites is 1. The molecule has 2 amide bonds. The molecule has 0 aliphatic rings. The highest BCUT2D eigenvalue weighted by atomic mass is 16.5. The first-order valence-corrected chi connectivity index (χ1v) is 8.62. The molecule has 28 heavy (non-hydrogen) atoms. The minimum atomic E-state index is -0.339. The molecule has 0 fully saturated rings. The lowest BCUT2D eigenvalue weighted by Crippen LogP contribution is -2.28. The standard InChI is InChI=1S/C21H20N2O5/c1-26-18-6-3-2-5-15(18)13-22-20(24)14-28-17-10-8-16(9-11-17)23-21(25)19-7-4-12-27-19/h2-12H,13-14H2,1H3,(H,22,24)(H,23,25). The van der Waals surface area contributed by atoms with Gasteiger partial charge in [0.1, 0.15) is 11.5 Å². The first-order valence-electron chi connectivity index (χ1n) is 8.62. The highest BCUT2D eigenvalue weighted by molar-refractivity contribution is 6.02. The lowest BCUT2D eigenvalue weighted by molar-refractivity contribution is -0.123. The summed E-state index contributed by atoms with van der Waals surface area (Å²) in [6, 6.07) is 17.4. The van der Waals surface area contributed by atoms with Crippen LogP contribution in [0.4, 0.5) is 5.69 Å². The van der Waals surface area contributed by atoms with Gasteiger partial charge in [-0.05, 0) is 42.5 Å². The molecule has 3 rings (SSSR count). The van der Waals surface area contributed by atoms with Gasteiger partial charge in [0.2, 0.25) is 0 Å². The maximum atomic E-state index is 12.0. The Balaban J connectivity index is 1.45. The molecule has 1 heterocycles. The summed E-state index contributed by atoms with van der Waals surface area (Å²) < 4.78 is 15.8. The number of nitrogens with one attached hydrogen (secondary N) is 2. The molecule has 0 spiro atoms. The third kappa shape index (κ3) is 5.14. The van der Waals surface area contributed by atoms with Crippen molar-refractivity contribution in [3.63, 3.8) is 0 Å². The number of carbonyl (C=O) groups excluding carboxylic acids is 2. The van der Waals surface area contributed by atoms with Gasteiger partial charge in [-0.3, -0.25) is 9.59 Å². The number of hydrogen-bond donors (Lipinski definition) is 2. The Kier molecular flexibility index (Phi) is 6.30. The summed E-state index contributed by atoms with van der Waals surface area (Å²) >= 11 is 0. The highest BCUT2D eigenvalue weighted by Crippen LogP contribution is 2.18. The van der Waals surface area contributed by atoms with Crippen LogP contribution in [-0.2, 0) is 11.3 Å². The fourth-order valence-electron chi connectivity index (χ4n) is 2.48. The number of furan rings is 1. The molecule has 0 saturated carbocycles. The van der Waals surface area contributed by atoms with Gasteiger partial charge in [-0.2, -0.15) is 0 Å². The summed E-state index contributed by atoms with van der Waals surface area (Å²) in [5.74, 6) is 0.877. The number of rotatable bonds is 8. The number of carbonyl (C=O) groups is 2. The molecule has 0 aliphatic carbocycles. The summed E-state index contributed by atoms with van der Waals surface area (Å²) in [4.78, 5) is 23.9. The van der Waals surface area contributed by atoms with Crippen molar-refractivity contribution in [2.75, 3.05) is 19.0 Å². The lowest BCUT2D eigenvalue weighted by atomic mass is 10.2. The molecule has 0 atom stereocenters. The lowest BCUT2D eigenvalue weighted by Gasteiger charge is -2.10. The molecule has 0 radical (unpaired) electrons. The van der Waals surface area contributed by atoms with Crippen LogP contribution in [0.1, 0.15) is 16.1 Å². The summed E-state index contributed by atoms with van der Waals surface area (Å²) in [6.45, 7) is 0.233. The molecular weight excluding hydrogens is 360 g/mol. The molecule has 2 N–H and O–H groups in total. The van der Waals surface area contributed by atoms with Crippen molar-refractivity contribution in [3.05, 3.63) is 78.3 Å². The maximum absolute atomic E-state index is 12.0. The van der Waals surface area contributed by atoms with Crippen molar-refractivity contribution in [2.45, 2.75) is 6.54 Å². The van der Waals surface area contributed by atoms with Gasteiger partial charge >= 0.3 is 0 Å². The van der Waals surface area contributed by atoms with Gasteiger partial charge in [0.05, 0.1) is 13.4 Å². The van der Waals surface area contributed by atoms with E-state index >= 15 is 0 Å². The van der Waals surface area contributed by atoms with E-state index in [1.807, 2.05) is 24.3 Å². The van der Waals surface area contributed by atoms with E-state index in [1.54, 1.807) is 43.5 Å². The Morgan fingerprint density at radius 1 is 1.00 bits per heavy atom. The molecule has 3 aromatic rings. The van der Waals surface area contributed by atoms with E-state index < -0.39 is 0 Å². The zero-order chi connectivity index (χ0) is 19.8. The summed E-state index contributed by atoms with van der Waals surface area (Å²) in [6.07, 6.45) is 1.44. The minimum Gasteiger partial charge on any atom is -0.496 e. The van der Waals surface area contributed by atoms with E-state index in [0.717, 1.165) is 11.3 Å². The molecule has 0 bridgehead atoms. The van der Waals surface area contributed by atoms with Crippen LogP contribution in [-0.4, -0.2) is 25.5 Å². The van der Waals surface area contributed by atoms with Gasteiger partial charge in [0, 0.05) is 17.8 Å². The minimum absolute atomic E-state index is 0.118. The molecule has 144 valence electrons. The molecule has 7 heteroatoms. The molecule has 0 unspecified atom stereocenters. The quantitative estimate of drug-likeness (QED) is 0.626. The topological polar surface area (TPSA) is 89.8 Å². The van der Waals surface area contributed by atoms with Crippen LogP contribution in [0.15, 0.2) is 71.3 Å². The monoisotopic (exact) mass is 380 g/mol. The van der Waals surface area contributed by atoms with Crippen molar-refractivity contribution in [2.24, 2.45) is 0 Å². The number of benzene rings is 2. The second-order valence-electron chi connectivity index (χ2n) is 5.83. The molecule has 7 nitrogen and oxygen atoms in total. The van der Waals surface area contributed by atoms with E-state index in [1.165, 1.54) is 6.26 Å². The Morgan fingerprint density at radius 3 is 2.50 bits per heavy atom. The summed E-state index contributed by atoms with van der Waals surface area (Å²) in [7, 11) is 1.59. The van der Waals surface area contributed by atoms with Crippen LogP contribution in [0.2, 0.25) is 0 Å². The zero-order valence-electron chi connectivity index (χ0n) is 15.3. The highest BCUT2D eigenvalue weighted by Gasteiger charge is 2.09. The van der Waals surface area contributed by atoms with Crippen molar-refractivity contribution in [1.29, 1.82) is 0 Å². The largest absolute Gasteiger partial charge is 0.496 e. The normalized spacial score (nSPS) is 10.2. The van der Waals surface area contributed by atoms with Crippen molar-refractivity contribution in [3.8, 4) is 11.5 Å². The molecule has 0 aliphatic heterocycles. The molecule has 1 aromatic heterocycles. The SMILES string of the molecule is COc1ccccc1CNC(=O)COc1ccc(NC(=O)c2ccco2)cc1. The van der Waals surface area contributed by atoms with Crippen molar-refractivity contribution in [1.82, 2.24) is 5.32 Å². The van der Waals surface area contributed by atoms with Gasteiger partial charge in [-0.1, -0.05) is 18.2 Å². The maximum Gasteiger partial charge on any atom is 0.291 e. The van der Waals surface area contributed by atoms with Gasteiger partial charge in [0.15, 0.2) is 12.4 Å². The fourth-order valence-corrected chi connectivity index (χ4v) is 2.48. The Bertz CT molecular complexity index is 920. The predicted molar refractivity (Wildman–Crippen MR) is 103 cm³/mol. The smallest absolute Gasteiger partial charge is 0.291 e. The Hall–Kier alpha value is -3.74. The van der Waals surface area contributed by atoms with E-state index in [0.29, 0.717) is 18.0 Å². The Labute approximate surface area is 162 Å². The number of hydrogen-bond acceptors (Lipinski definition) is 5. The van der Waals surface area contributed by atoms with Gasteiger partial charge < -0.3 is 24.5 Å². The van der Waals surface area contributed by atoms with Crippen LogP contribution in [0.5, 0.6) is 11.5 Å².